The molecule has 0 saturated heterocycles. The topological polar surface area (TPSA) is 71.1 Å². The number of anilines is 2. The van der Waals surface area contributed by atoms with Gasteiger partial charge in [0.25, 0.3) is 10.0 Å². The maximum absolute atomic E-state index is 13.2. The van der Waals surface area contributed by atoms with Gasteiger partial charge in [-0.1, -0.05) is 11.6 Å². The molecule has 0 aliphatic rings. The molecule has 0 aliphatic heterocycles. The van der Waals surface area contributed by atoms with E-state index >= 15 is 0 Å². The molecule has 1 aromatic heterocycles. The summed E-state index contributed by atoms with van der Waals surface area (Å²) in [7, 11) is -3.84. The largest absolute Gasteiger partial charge is 0.370 e. The number of pyridine rings is 1. The van der Waals surface area contributed by atoms with Crippen LogP contribution in [0.5, 0.6) is 0 Å². The van der Waals surface area contributed by atoms with E-state index in [4.69, 9.17) is 11.6 Å². The monoisotopic (exact) mass is 329 g/mol. The molecule has 8 heteroatoms. The fourth-order valence-electron chi connectivity index (χ4n) is 1.65. The van der Waals surface area contributed by atoms with Crippen LogP contribution < -0.4 is 10.0 Å². The highest BCUT2D eigenvalue weighted by Gasteiger charge is 2.15. The number of nitrogens with one attached hydrogen (secondary N) is 2. The van der Waals surface area contributed by atoms with Crippen molar-refractivity contribution in [2.75, 3.05) is 16.6 Å². The first kappa shape index (κ1) is 15.5. The van der Waals surface area contributed by atoms with Crippen molar-refractivity contribution in [1.82, 2.24) is 4.98 Å². The van der Waals surface area contributed by atoms with Crippen molar-refractivity contribution < 1.29 is 12.8 Å². The standard InChI is InChI=1S/C13H13ClFN3O2S/c1-2-16-13-4-3-12(8-17-13)21(19,20)18-11-6-9(14)5-10(15)7-11/h3-8,18H,2H2,1H3,(H,16,17). The first-order valence-electron chi connectivity index (χ1n) is 6.09. The lowest BCUT2D eigenvalue weighted by atomic mass is 10.3. The van der Waals surface area contributed by atoms with Gasteiger partial charge < -0.3 is 5.32 Å². The van der Waals surface area contributed by atoms with Gasteiger partial charge in [-0.05, 0) is 37.3 Å². The van der Waals surface area contributed by atoms with Crippen LogP contribution in [0.3, 0.4) is 0 Å². The van der Waals surface area contributed by atoms with Crippen molar-refractivity contribution in [3.63, 3.8) is 0 Å². The molecule has 0 radical (unpaired) electrons. The summed E-state index contributed by atoms with van der Waals surface area (Å²) in [5, 5.41) is 3.06. The molecule has 0 aliphatic carbocycles. The van der Waals surface area contributed by atoms with Crippen molar-refractivity contribution in [3.8, 4) is 0 Å². The van der Waals surface area contributed by atoms with Gasteiger partial charge >= 0.3 is 0 Å². The van der Waals surface area contributed by atoms with Gasteiger partial charge in [0, 0.05) is 17.8 Å². The van der Waals surface area contributed by atoms with Crippen LogP contribution in [-0.2, 0) is 10.0 Å². The predicted molar refractivity (Wildman–Crippen MR) is 80.6 cm³/mol. The lowest BCUT2D eigenvalue weighted by Crippen LogP contribution is -2.13. The Kier molecular flexibility index (Phi) is 4.64. The molecule has 21 heavy (non-hydrogen) atoms. The Balaban J connectivity index is 2.25. The van der Waals surface area contributed by atoms with Crippen molar-refractivity contribution in [1.29, 1.82) is 0 Å². The molecule has 2 N–H and O–H groups in total. The van der Waals surface area contributed by atoms with Crippen LogP contribution in [0.2, 0.25) is 5.02 Å². The zero-order valence-electron chi connectivity index (χ0n) is 11.1. The molecule has 0 atom stereocenters. The lowest BCUT2D eigenvalue weighted by molar-refractivity contribution is 0.600. The maximum atomic E-state index is 13.2. The quantitative estimate of drug-likeness (QED) is 0.884. The predicted octanol–water partition coefficient (Wildman–Crippen LogP) is 3.11. The van der Waals surface area contributed by atoms with Gasteiger partial charge in [0.1, 0.15) is 16.5 Å². The fourth-order valence-corrected chi connectivity index (χ4v) is 2.86. The van der Waals surface area contributed by atoms with Crippen molar-refractivity contribution in [2.45, 2.75) is 11.8 Å². The molecule has 1 aromatic carbocycles. The van der Waals surface area contributed by atoms with Crippen LogP contribution in [0.15, 0.2) is 41.4 Å². The van der Waals surface area contributed by atoms with Crippen LogP contribution in [0.1, 0.15) is 6.92 Å². The molecular weight excluding hydrogens is 317 g/mol. The summed E-state index contributed by atoms with van der Waals surface area (Å²) in [4.78, 5) is 3.96. The first-order valence-corrected chi connectivity index (χ1v) is 7.95. The van der Waals surface area contributed by atoms with E-state index in [0.29, 0.717) is 12.4 Å². The van der Waals surface area contributed by atoms with Crippen LogP contribution >= 0.6 is 11.6 Å². The number of sulfonamides is 1. The summed E-state index contributed by atoms with van der Waals surface area (Å²) in [6.45, 7) is 2.58. The normalized spacial score (nSPS) is 11.2. The maximum Gasteiger partial charge on any atom is 0.263 e. The summed E-state index contributed by atoms with van der Waals surface area (Å²) in [5.74, 6) is -0.0499. The van der Waals surface area contributed by atoms with E-state index in [1.54, 1.807) is 6.07 Å². The number of rotatable bonds is 5. The van der Waals surface area contributed by atoms with Crippen LogP contribution in [0, 0.1) is 5.82 Å². The zero-order chi connectivity index (χ0) is 15.5. The van der Waals surface area contributed by atoms with Gasteiger partial charge in [-0.3, -0.25) is 4.72 Å². The Morgan fingerprint density at radius 2 is 2.05 bits per heavy atom. The van der Waals surface area contributed by atoms with E-state index in [-0.39, 0.29) is 15.6 Å². The molecule has 0 saturated carbocycles. The molecule has 0 amide bonds. The summed E-state index contributed by atoms with van der Waals surface area (Å²) in [6.07, 6.45) is 1.22. The number of benzene rings is 1. The zero-order valence-corrected chi connectivity index (χ0v) is 12.7. The smallest absolute Gasteiger partial charge is 0.263 e. The van der Waals surface area contributed by atoms with Gasteiger partial charge in [0.15, 0.2) is 0 Å². The Morgan fingerprint density at radius 1 is 1.29 bits per heavy atom. The van der Waals surface area contributed by atoms with Gasteiger partial charge in [-0.25, -0.2) is 17.8 Å². The molecule has 2 aromatic rings. The summed E-state index contributed by atoms with van der Waals surface area (Å²) in [5.41, 5.74) is 0.0516. The van der Waals surface area contributed by atoms with E-state index in [1.165, 1.54) is 18.3 Å². The summed E-state index contributed by atoms with van der Waals surface area (Å²) in [6, 6.07) is 6.42. The number of hydrogen-bond donors (Lipinski definition) is 2. The summed E-state index contributed by atoms with van der Waals surface area (Å²) < 4.78 is 39.8. The van der Waals surface area contributed by atoms with E-state index in [9.17, 15) is 12.8 Å². The van der Waals surface area contributed by atoms with Crippen LogP contribution in [-0.4, -0.2) is 19.9 Å². The van der Waals surface area contributed by atoms with Gasteiger partial charge in [0.05, 0.1) is 5.69 Å². The first-order chi connectivity index (χ1) is 9.90. The number of hydrogen-bond acceptors (Lipinski definition) is 4. The molecule has 0 fully saturated rings. The molecule has 0 bridgehead atoms. The van der Waals surface area contributed by atoms with Gasteiger partial charge in [-0.15, -0.1) is 0 Å². The minimum Gasteiger partial charge on any atom is -0.370 e. The minimum atomic E-state index is -3.84. The third kappa shape index (κ3) is 4.05. The van der Waals surface area contributed by atoms with E-state index in [2.05, 4.69) is 15.0 Å². The second-order valence-corrected chi connectivity index (χ2v) is 6.29. The van der Waals surface area contributed by atoms with E-state index in [0.717, 1.165) is 12.1 Å². The highest BCUT2D eigenvalue weighted by molar-refractivity contribution is 7.92. The Labute approximate surface area is 127 Å². The second-order valence-electron chi connectivity index (χ2n) is 4.17. The average molecular weight is 330 g/mol. The molecule has 0 unspecified atom stereocenters. The van der Waals surface area contributed by atoms with Crippen LogP contribution in [0.4, 0.5) is 15.9 Å². The van der Waals surface area contributed by atoms with E-state index < -0.39 is 15.8 Å². The number of aromatic nitrogens is 1. The molecule has 112 valence electrons. The molecule has 5 nitrogen and oxygen atoms in total. The molecule has 1 heterocycles. The Hall–Kier alpha value is -1.86. The fraction of sp³-hybridized carbons (Fsp3) is 0.154. The number of halogens is 2. The molecule has 2 rings (SSSR count). The second kappa shape index (κ2) is 6.28. The summed E-state index contributed by atoms with van der Waals surface area (Å²) >= 11 is 5.69. The highest BCUT2D eigenvalue weighted by Crippen LogP contribution is 2.21. The third-order valence-corrected chi connectivity index (χ3v) is 4.10. The molecular formula is C13H13ClFN3O2S. The van der Waals surface area contributed by atoms with Crippen LogP contribution in [0.25, 0.3) is 0 Å². The van der Waals surface area contributed by atoms with Crippen molar-refractivity contribution in [2.24, 2.45) is 0 Å². The van der Waals surface area contributed by atoms with Crippen molar-refractivity contribution in [3.05, 3.63) is 47.4 Å². The SMILES string of the molecule is CCNc1ccc(S(=O)(=O)Nc2cc(F)cc(Cl)c2)cn1. The van der Waals surface area contributed by atoms with Crippen molar-refractivity contribution >= 4 is 33.1 Å². The Bertz CT molecular complexity index is 715. The highest BCUT2D eigenvalue weighted by atomic mass is 35.5. The lowest BCUT2D eigenvalue weighted by Gasteiger charge is -2.09. The van der Waals surface area contributed by atoms with Gasteiger partial charge in [0.2, 0.25) is 0 Å². The molecule has 0 spiro atoms. The Morgan fingerprint density at radius 3 is 2.62 bits per heavy atom. The van der Waals surface area contributed by atoms with E-state index in [1.807, 2.05) is 6.92 Å². The number of nitrogens with zero attached hydrogens (tertiary/aromatic N) is 1. The minimum absolute atomic E-state index is 0.0236. The average Bonchev–Trinajstić information content (AvgIpc) is 2.38. The van der Waals surface area contributed by atoms with Gasteiger partial charge in [-0.2, -0.15) is 0 Å². The third-order valence-electron chi connectivity index (χ3n) is 2.52.